The molecule has 2 aromatic carbocycles. The number of carbonyl (C=O) groups excluding carboxylic acids is 1. The molecule has 0 spiro atoms. The zero-order valence-corrected chi connectivity index (χ0v) is 15.4. The van der Waals surface area contributed by atoms with Gasteiger partial charge >= 0.3 is 0 Å². The Bertz CT molecular complexity index is 1050. The molecule has 8 heteroatoms. The maximum absolute atomic E-state index is 13.2. The van der Waals surface area contributed by atoms with Crippen LogP contribution in [0.1, 0.15) is 9.67 Å². The molecule has 0 unspecified atom stereocenters. The standard InChI is InChI=1S/C18H15FN2O3S2/c1-21(14-9-7-13(19)8-10-14)26(23,24)17-15(11-25-16(17)18(20)22)12-5-3-2-4-6-12/h2-11H,1H3,(H2,20,22). The number of nitrogens with zero attached hydrogens (tertiary/aromatic N) is 1. The van der Waals surface area contributed by atoms with Gasteiger partial charge in [-0.1, -0.05) is 30.3 Å². The first-order valence-corrected chi connectivity index (χ1v) is 9.85. The number of hydrogen-bond acceptors (Lipinski definition) is 4. The van der Waals surface area contributed by atoms with Crippen molar-refractivity contribution in [3.8, 4) is 11.1 Å². The second-order valence-electron chi connectivity index (χ2n) is 5.49. The molecule has 0 saturated carbocycles. The summed E-state index contributed by atoms with van der Waals surface area (Å²) in [6.07, 6.45) is 0. The van der Waals surface area contributed by atoms with Crippen molar-refractivity contribution >= 4 is 33.0 Å². The SMILES string of the molecule is CN(c1ccc(F)cc1)S(=O)(=O)c1c(-c2ccccc2)csc1C(N)=O. The fourth-order valence-corrected chi connectivity index (χ4v) is 5.34. The van der Waals surface area contributed by atoms with Gasteiger partial charge in [0.2, 0.25) is 0 Å². The number of carbonyl (C=O) groups is 1. The average molecular weight is 390 g/mol. The Morgan fingerprint density at radius 3 is 2.27 bits per heavy atom. The fraction of sp³-hybridized carbons (Fsp3) is 0.0556. The first-order valence-electron chi connectivity index (χ1n) is 7.53. The summed E-state index contributed by atoms with van der Waals surface area (Å²) in [6.45, 7) is 0. The number of rotatable bonds is 5. The molecule has 0 radical (unpaired) electrons. The highest BCUT2D eigenvalue weighted by Gasteiger charge is 2.31. The van der Waals surface area contributed by atoms with Gasteiger partial charge in [0, 0.05) is 18.0 Å². The van der Waals surface area contributed by atoms with E-state index in [1.165, 1.54) is 31.3 Å². The van der Waals surface area contributed by atoms with Crippen LogP contribution in [0.4, 0.5) is 10.1 Å². The first-order chi connectivity index (χ1) is 12.3. The molecular formula is C18H15FN2O3S2. The number of nitrogens with two attached hydrogens (primary N) is 1. The Kier molecular flexibility index (Phi) is 4.80. The summed E-state index contributed by atoms with van der Waals surface area (Å²) in [6, 6.07) is 13.9. The van der Waals surface area contributed by atoms with Gasteiger partial charge in [-0.25, -0.2) is 12.8 Å². The fourth-order valence-electron chi connectivity index (χ4n) is 2.52. The van der Waals surface area contributed by atoms with Gasteiger partial charge in [0.15, 0.2) is 0 Å². The van der Waals surface area contributed by atoms with Gasteiger partial charge < -0.3 is 5.73 Å². The lowest BCUT2D eigenvalue weighted by Crippen LogP contribution is -2.28. The van der Waals surface area contributed by atoms with Crippen molar-refractivity contribution in [3.05, 3.63) is 70.7 Å². The van der Waals surface area contributed by atoms with Gasteiger partial charge in [0.1, 0.15) is 15.6 Å². The molecule has 0 fully saturated rings. The van der Waals surface area contributed by atoms with Crippen LogP contribution in [0.5, 0.6) is 0 Å². The second kappa shape index (κ2) is 6.89. The lowest BCUT2D eigenvalue weighted by atomic mass is 10.1. The van der Waals surface area contributed by atoms with Crippen LogP contribution in [-0.4, -0.2) is 21.4 Å². The molecule has 3 aromatic rings. The maximum Gasteiger partial charge on any atom is 0.266 e. The predicted octanol–water partition coefficient (Wildman–Crippen LogP) is 3.48. The molecule has 0 bridgehead atoms. The minimum atomic E-state index is -4.10. The highest BCUT2D eigenvalue weighted by atomic mass is 32.2. The molecule has 2 N–H and O–H groups in total. The molecule has 0 aliphatic rings. The Labute approximate surface area is 154 Å². The maximum atomic E-state index is 13.2. The lowest BCUT2D eigenvalue weighted by molar-refractivity contribution is 0.100. The quantitative estimate of drug-likeness (QED) is 0.724. The normalized spacial score (nSPS) is 11.3. The summed E-state index contributed by atoms with van der Waals surface area (Å²) in [5.41, 5.74) is 6.73. The van der Waals surface area contributed by atoms with Crippen LogP contribution in [0.25, 0.3) is 11.1 Å². The summed E-state index contributed by atoms with van der Waals surface area (Å²) in [4.78, 5) is 11.6. The largest absolute Gasteiger partial charge is 0.365 e. The molecule has 1 aromatic heterocycles. The molecule has 5 nitrogen and oxygen atoms in total. The number of benzene rings is 2. The van der Waals surface area contributed by atoms with E-state index in [0.29, 0.717) is 11.1 Å². The van der Waals surface area contributed by atoms with Crippen LogP contribution >= 0.6 is 11.3 Å². The Balaban J connectivity index is 2.19. The highest BCUT2D eigenvalue weighted by Crippen LogP contribution is 2.37. The van der Waals surface area contributed by atoms with Crippen LogP contribution in [0.3, 0.4) is 0 Å². The third kappa shape index (κ3) is 3.21. The van der Waals surface area contributed by atoms with Crippen molar-refractivity contribution in [1.82, 2.24) is 0 Å². The topological polar surface area (TPSA) is 80.5 Å². The van der Waals surface area contributed by atoms with Crippen LogP contribution in [0.2, 0.25) is 0 Å². The molecule has 26 heavy (non-hydrogen) atoms. The van der Waals surface area contributed by atoms with Crippen LogP contribution < -0.4 is 10.0 Å². The number of hydrogen-bond donors (Lipinski definition) is 1. The minimum absolute atomic E-state index is 0.0437. The number of halogens is 1. The van der Waals surface area contributed by atoms with E-state index in [2.05, 4.69) is 0 Å². The van der Waals surface area contributed by atoms with E-state index in [9.17, 15) is 17.6 Å². The van der Waals surface area contributed by atoms with Gasteiger partial charge in [-0.3, -0.25) is 9.10 Å². The summed E-state index contributed by atoms with van der Waals surface area (Å²) in [5, 5.41) is 1.60. The molecule has 0 aliphatic heterocycles. The van der Waals surface area contributed by atoms with Crippen LogP contribution in [0, 0.1) is 5.82 Å². The second-order valence-corrected chi connectivity index (χ2v) is 8.27. The first kappa shape index (κ1) is 18.1. The Hall–Kier alpha value is -2.71. The van der Waals surface area contributed by atoms with E-state index in [1.54, 1.807) is 29.6 Å². The summed E-state index contributed by atoms with van der Waals surface area (Å²) < 4.78 is 40.6. The van der Waals surface area contributed by atoms with Crippen LogP contribution in [0.15, 0.2) is 64.9 Å². The molecule has 1 amide bonds. The number of primary amides is 1. The van der Waals surface area contributed by atoms with Crippen LogP contribution in [-0.2, 0) is 10.0 Å². The molecule has 3 rings (SSSR count). The van der Waals surface area contributed by atoms with Gasteiger partial charge in [0.05, 0.1) is 5.69 Å². The minimum Gasteiger partial charge on any atom is -0.365 e. The molecule has 0 saturated heterocycles. The summed E-state index contributed by atoms with van der Waals surface area (Å²) >= 11 is 0.981. The van der Waals surface area contributed by atoms with Crippen molar-refractivity contribution in [2.45, 2.75) is 4.90 Å². The average Bonchev–Trinajstić information content (AvgIpc) is 3.09. The van der Waals surface area contributed by atoms with Gasteiger partial charge in [-0.2, -0.15) is 0 Å². The van der Waals surface area contributed by atoms with E-state index in [-0.39, 0.29) is 15.5 Å². The van der Waals surface area contributed by atoms with Gasteiger partial charge in [-0.15, -0.1) is 11.3 Å². The van der Waals surface area contributed by atoms with E-state index in [4.69, 9.17) is 5.73 Å². The lowest BCUT2D eigenvalue weighted by Gasteiger charge is -2.20. The van der Waals surface area contributed by atoms with E-state index >= 15 is 0 Å². The third-order valence-electron chi connectivity index (χ3n) is 3.86. The monoisotopic (exact) mass is 390 g/mol. The molecule has 0 aliphatic carbocycles. The van der Waals surface area contributed by atoms with Gasteiger partial charge in [-0.05, 0) is 29.8 Å². The smallest absolute Gasteiger partial charge is 0.266 e. The number of anilines is 1. The van der Waals surface area contributed by atoms with Crippen molar-refractivity contribution < 1.29 is 17.6 Å². The van der Waals surface area contributed by atoms with Crippen molar-refractivity contribution in [2.24, 2.45) is 5.73 Å². The zero-order valence-electron chi connectivity index (χ0n) is 13.7. The highest BCUT2D eigenvalue weighted by molar-refractivity contribution is 7.93. The van der Waals surface area contributed by atoms with E-state index < -0.39 is 21.7 Å². The zero-order chi connectivity index (χ0) is 18.9. The molecular weight excluding hydrogens is 375 g/mol. The number of amides is 1. The van der Waals surface area contributed by atoms with E-state index in [1.807, 2.05) is 6.07 Å². The summed E-state index contributed by atoms with van der Waals surface area (Å²) in [5.74, 6) is -1.29. The van der Waals surface area contributed by atoms with E-state index in [0.717, 1.165) is 15.6 Å². The van der Waals surface area contributed by atoms with Crippen molar-refractivity contribution in [3.63, 3.8) is 0 Å². The Morgan fingerprint density at radius 2 is 1.69 bits per heavy atom. The predicted molar refractivity (Wildman–Crippen MR) is 100 cm³/mol. The number of thiophene rings is 1. The molecule has 134 valence electrons. The van der Waals surface area contributed by atoms with Crippen molar-refractivity contribution in [2.75, 3.05) is 11.4 Å². The Morgan fingerprint density at radius 1 is 1.08 bits per heavy atom. The molecule has 1 heterocycles. The molecule has 0 atom stereocenters. The van der Waals surface area contributed by atoms with Crippen molar-refractivity contribution in [1.29, 1.82) is 0 Å². The van der Waals surface area contributed by atoms with Gasteiger partial charge in [0.25, 0.3) is 15.9 Å². The number of sulfonamides is 1. The summed E-state index contributed by atoms with van der Waals surface area (Å²) in [7, 11) is -2.75. The third-order valence-corrected chi connectivity index (χ3v) is 6.86.